The van der Waals surface area contributed by atoms with Gasteiger partial charge in [-0.05, 0) is 86.1 Å². The second kappa shape index (κ2) is 11.0. The second-order valence-electron chi connectivity index (χ2n) is 11.7. The number of aromatic amines is 1. The van der Waals surface area contributed by atoms with Crippen LogP contribution in [0.5, 0.6) is 0 Å². The molecule has 2 fully saturated rings. The minimum atomic E-state index is -3.79. The van der Waals surface area contributed by atoms with Gasteiger partial charge >= 0.3 is 0 Å². The van der Waals surface area contributed by atoms with E-state index in [2.05, 4.69) is 32.0 Å². The molecule has 11 heteroatoms. The maximum absolute atomic E-state index is 13.7. The lowest BCUT2D eigenvalue weighted by Gasteiger charge is -2.39. The SMILES string of the molecule is Cc1cc(S(=O)(=O)N(C)Cc2nc3cccc(C(=O)N4CCC5(CC4)CCN(c4ccncc4)C5)c3[nH]2)c(C)cc1Cl. The number of aryl methyl sites for hydroxylation is 2. The fourth-order valence-electron chi connectivity index (χ4n) is 6.30. The standard InChI is InChI=1S/C31H35ClN6O3S/c1-21-18-27(22(2)17-25(21)32)42(40,41)36(3)19-28-34-26-6-4-5-24(29(26)35-28)30(39)37-14-9-31(10-15-37)11-16-38(20-31)23-7-12-33-13-8-23/h4-8,12-13,17-18H,9-11,14-16,19-20H2,1-3H3,(H,34,35). The van der Waals surface area contributed by atoms with Gasteiger partial charge in [0, 0.05) is 56.3 Å². The van der Waals surface area contributed by atoms with Crippen molar-refractivity contribution in [2.45, 2.75) is 44.6 Å². The van der Waals surface area contributed by atoms with Gasteiger partial charge in [0.05, 0.1) is 28.0 Å². The first-order chi connectivity index (χ1) is 20.1. The van der Waals surface area contributed by atoms with Crippen molar-refractivity contribution in [1.82, 2.24) is 24.2 Å². The molecule has 2 aromatic heterocycles. The summed E-state index contributed by atoms with van der Waals surface area (Å²) in [5.41, 5.74) is 4.54. The number of hydrogen-bond donors (Lipinski definition) is 1. The number of anilines is 1. The number of para-hydroxylation sites is 1. The number of carbonyl (C=O) groups is 1. The number of imidazole rings is 1. The summed E-state index contributed by atoms with van der Waals surface area (Å²) in [7, 11) is -2.26. The molecule has 0 atom stereocenters. The molecule has 0 aliphatic carbocycles. The molecule has 2 aliphatic rings. The lowest BCUT2D eigenvalue weighted by atomic mass is 9.77. The van der Waals surface area contributed by atoms with Gasteiger partial charge < -0.3 is 14.8 Å². The number of benzene rings is 2. The fraction of sp³-hybridized carbons (Fsp3) is 0.387. The van der Waals surface area contributed by atoms with E-state index in [0.717, 1.165) is 32.4 Å². The maximum atomic E-state index is 13.7. The molecule has 2 saturated heterocycles. The summed E-state index contributed by atoms with van der Waals surface area (Å²) in [5.74, 6) is 0.447. The van der Waals surface area contributed by atoms with E-state index >= 15 is 0 Å². The highest BCUT2D eigenvalue weighted by Gasteiger charge is 2.41. The van der Waals surface area contributed by atoms with Crippen LogP contribution in [0.25, 0.3) is 11.0 Å². The third-order valence-electron chi connectivity index (χ3n) is 8.89. The van der Waals surface area contributed by atoms with Crippen LogP contribution in [0.15, 0.2) is 59.8 Å². The molecule has 0 saturated carbocycles. The third kappa shape index (κ3) is 5.27. The van der Waals surface area contributed by atoms with Crippen molar-refractivity contribution in [3.63, 3.8) is 0 Å². The number of carbonyl (C=O) groups excluding carboxylic acids is 1. The molecule has 42 heavy (non-hydrogen) atoms. The topological polar surface area (TPSA) is 102 Å². The van der Waals surface area contributed by atoms with Gasteiger partial charge in [-0.2, -0.15) is 4.31 Å². The Morgan fingerprint density at radius 1 is 1.05 bits per heavy atom. The van der Waals surface area contributed by atoms with Crippen molar-refractivity contribution in [2.75, 3.05) is 38.1 Å². The van der Waals surface area contributed by atoms with Crippen LogP contribution in [0, 0.1) is 19.3 Å². The van der Waals surface area contributed by atoms with Crippen molar-refractivity contribution in [3.8, 4) is 0 Å². The van der Waals surface area contributed by atoms with Gasteiger partial charge in [0.15, 0.2) is 0 Å². The molecule has 0 bridgehead atoms. The number of amides is 1. The summed E-state index contributed by atoms with van der Waals surface area (Å²) in [6.45, 7) is 7.00. The number of aromatic nitrogens is 3. The zero-order chi connectivity index (χ0) is 29.6. The molecule has 220 valence electrons. The molecule has 4 aromatic rings. The molecule has 1 N–H and O–H groups in total. The first-order valence-electron chi connectivity index (χ1n) is 14.2. The minimum Gasteiger partial charge on any atom is -0.371 e. The largest absolute Gasteiger partial charge is 0.371 e. The molecule has 2 aliphatic heterocycles. The van der Waals surface area contributed by atoms with Gasteiger partial charge in [-0.15, -0.1) is 0 Å². The van der Waals surface area contributed by atoms with Gasteiger partial charge in [-0.25, -0.2) is 13.4 Å². The average molecular weight is 607 g/mol. The molecule has 0 radical (unpaired) electrons. The predicted molar refractivity (Wildman–Crippen MR) is 164 cm³/mol. The zero-order valence-electron chi connectivity index (χ0n) is 24.1. The summed E-state index contributed by atoms with van der Waals surface area (Å²) in [4.78, 5) is 30.3. The van der Waals surface area contributed by atoms with E-state index in [9.17, 15) is 13.2 Å². The van der Waals surface area contributed by atoms with E-state index in [1.807, 2.05) is 35.5 Å². The number of piperidine rings is 1. The fourth-order valence-corrected chi connectivity index (χ4v) is 7.94. The maximum Gasteiger partial charge on any atom is 0.256 e. The Morgan fingerprint density at radius 2 is 1.76 bits per heavy atom. The van der Waals surface area contributed by atoms with Crippen molar-refractivity contribution >= 4 is 44.3 Å². The molecule has 9 nitrogen and oxygen atoms in total. The van der Waals surface area contributed by atoms with E-state index < -0.39 is 10.0 Å². The highest BCUT2D eigenvalue weighted by Crippen LogP contribution is 2.42. The molecule has 6 rings (SSSR count). The smallest absolute Gasteiger partial charge is 0.256 e. The van der Waals surface area contributed by atoms with Gasteiger partial charge in [-0.1, -0.05) is 17.7 Å². The normalized spacial score (nSPS) is 17.1. The first-order valence-corrected chi connectivity index (χ1v) is 16.0. The van der Waals surface area contributed by atoms with E-state index in [1.54, 1.807) is 26.0 Å². The summed E-state index contributed by atoms with van der Waals surface area (Å²) in [6, 6.07) is 12.9. The average Bonchev–Trinajstić information content (AvgIpc) is 3.59. The number of nitrogens with zero attached hydrogens (tertiary/aromatic N) is 5. The summed E-state index contributed by atoms with van der Waals surface area (Å²) < 4.78 is 28.1. The van der Waals surface area contributed by atoms with Gasteiger partial charge in [0.2, 0.25) is 10.0 Å². The Hall–Kier alpha value is -3.47. The van der Waals surface area contributed by atoms with Crippen molar-refractivity contribution < 1.29 is 13.2 Å². The predicted octanol–water partition coefficient (Wildman–Crippen LogP) is 5.18. The molecule has 4 heterocycles. The third-order valence-corrected chi connectivity index (χ3v) is 11.2. The highest BCUT2D eigenvalue weighted by atomic mass is 35.5. The number of hydrogen-bond acceptors (Lipinski definition) is 6. The van der Waals surface area contributed by atoms with E-state index in [4.69, 9.17) is 11.6 Å². The van der Waals surface area contributed by atoms with Gasteiger partial charge in [0.25, 0.3) is 5.91 Å². The van der Waals surface area contributed by atoms with Gasteiger partial charge in [-0.3, -0.25) is 9.78 Å². The molecule has 0 unspecified atom stereocenters. The summed E-state index contributed by atoms with van der Waals surface area (Å²) in [6.07, 6.45) is 6.73. The van der Waals surface area contributed by atoms with Crippen LogP contribution < -0.4 is 4.90 Å². The second-order valence-corrected chi connectivity index (χ2v) is 14.1. The highest BCUT2D eigenvalue weighted by molar-refractivity contribution is 7.89. The van der Waals surface area contributed by atoms with Crippen molar-refractivity contribution in [2.24, 2.45) is 5.41 Å². The van der Waals surface area contributed by atoms with E-state index in [-0.39, 0.29) is 22.8 Å². The van der Waals surface area contributed by atoms with Crippen LogP contribution in [0.2, 0.25) is 5.02 Å². The Bertz CT molecular complexity index is 1750. The molecule has 2 aromatic carbocycles. The lowest BCUT2D eigenvalue weighted by Crippen LogP contribution is -2.44. The van der Waals surface area contributed by atoms with Crippen molar-refractivity contribution in [1.29, 1.82) is 0 Å². The van der Waals surface area contributed by atoms with E-state index in [0.29, 0.717) is 51.7 Å². The number of rotatable bonds is 6. The molecular weight excluding hydrogens is 572 g/mol. The van der Waals surface area contributed by atoms with Crippen LogP contribution in [-0.2, 0) is 16.6 Å². The number of H-pyrrole nitrogens is 1. The summed E-state index contributed by atoms with van der Waals surface area (Å²) >= 11 is 6.19. The van der Waals surface area contributed by atoms with E-state index in [1.165, 1.54) is 17.0 Å². The van der Waals surface area contributed by atoms with Gasteiger partial charge in [0.1, 0.15) is 5.82 Å². The van der Waals surface area contributed by atoms with Crippen LogP contribution >= 0.6 is 11.6 Å². The Balaban J connectivity index is 1.16. The van der Waals surface area contributed by atoms with Crippen LogP contribution in [0.1, 0.15) is 46.6 Å². The number of likely N-dealkylation sites (tertiary alicyclic amines) is 1. The monoisotopic (exact) mass is 606 g/mol. The number of sulfonamides is 1. The summed E-state index contributed by atoms with van der Waals surface area (Å²) in [5, 5.41) is 0.530. The quantitative estimate of drug-likeness (QED) is 0.324. The first kappa shape index (κ1) is 28.6. The van der Waals surface area contributed by atoms with Crippen LogP contribution in [0.3, 0.4) is 0 Å². The Labute approximate surface area is 251 Å². The minimum absolute atomic E-state index is 0.0251. The molecular formula is C31H35ClN6O3S. The zero-order valence-corrected chi connectivity index (χ0v) is 25.7. The molecule has 1 spiro atoms. The van der Waals surface area contributed by atoms with Crippen LogP contribution in [-0.4, -0.2) is 71.7 Å². The Kier molecular flexibility index (Phi) is 7.49. The lowest BCUT2D eigenvalue weighted by molar-refractivity contribution is 0.0612. The number of nitrogens with one attached hydrogen (secondary N) is 1. The van der Waals surface area contributed by atoms with Crippen molar-refractivity contribution in [3.05, 3.63) is 82.4 Å². The molecule has 1 amide bonds. The number of fused-ring (bicyclic) bond motifs is 1. The Morgan fingerprint density at radius 3 is 2.50 bits per heavy atom. The number of halogens is 1. The number of pyridine rings is 1. The van der Waals surface area contributed by atoms with Crippen LogP contribution in [0.4, 0.5) is 5.69 Å².